The van der Waals surface area contributed by atoms with Crippen LogP contribution in [0.2, 0.25) is 0 Å². The molecule has 2 heterocycles. The zero-order valence-corrected chi connectivity index (χ0v) is 13.1. The van der Waals surface area contributed by atoms with Gasteiger partial charge in [-0.05, 0) is 24.1 Å². The van der Waals surface area contributed by atoms with Crippen molar-refractivity contribution in [3.05, 3.63) is 60.1 Å². The molecule has 1 atom stereocenters. The zero-order valence-electron chi connectivity index (χ0n) is 13.1. The van der Waals surface area contributed by atoms with E-state index in [1.54, 1.807) is 11.2 Å². The van der Waals surface area contributed by atoms with Gasteiger partial charge in [-0.3, -0.25) is 9.69 Å². The molecule has 1 saturated heterocycles. The van der Waals surface area contributed by atoms with Crippen LogP contribution in [0.5, 0.6) is 0 Å². The third-order valence-corrected chi connectivity index (χ3v) is 4.10. The van der Waals surface area contributed by atoms with E-state index in [4.69, 9.17) is 4.42 Å². The second kappa shape index (κ2) is 7.44. The van der Waals surface area contributed by atoms with Gasteiger partial charge in [0.1, 0.15) is 5.76 Å². The van der Waals surface area contributed by atoms with E-state index in [0.29, 0.717) is 26.2 Å². The summed E-state index contributed by atoms with van der Waals surface area (Å²) < 4.78 is 5.39. The van der Waals surface area contributed by atoms with Gasteiger partial charge in [-0.1, -0.05) is 30.3 Å². The topological polar surface area (TPSA) is 56.9 Å². The van der Waals surface area contributed by atoms with Crippen molar-refractivity contribution in [1.82, 2.24) is 9.80 Å². The van der Waals surface area contributed by atoms with Crippen molar-refractivity contribution in [2.24, 2.45) is 0 Å². The Balaban J connectivity index is 1.67. The van der Waals surface area contributed by atoms with Crippen molar-refractivity contribution in [3.8, 4) is 0 Å². The van der Waals surface area contributed by atoms with E-state index in [-0.39, 0.29) is 12.0 Å². The molecule has 1 fully saturated rings. The summed E-state index contributed by atoms with van der Waals surface area (Å²) in [4.78, 5) is 16.5. The van der Waals surface area contributed by atoms with E-state index in [2.05, 4.69) is 0 Å². The maximum Gasteiger partial charge on any atom is 0.237 e. The Bertz CT molecular complexity index is 612. The van der Waals surface area contributed by atoms with Crippen LogP contribution in [0.1, 0.15) is 17.7 Å². The van der Waals surface area contributed by atoms with Crippen LogP contribution in [0.15, 0.2) is 53.1 Å². The van der Waals surface area contributed by atoms with Crippen LogP contribution in [0.4, 0.5) is 0 Å². The van der Waals surface area contributed by atoms with Crippen LogP contribution in [-0.2, 0) is 17.9 Å². The van der Waals surface area contributed by atoms with Crippen LogP contribution in [0.25, 0.3) is 0 Å². The number of carbonyl (C=O) groups is 1. The lowest BCUT2D eigenvalue weighted by atomic mass is 10.2. The lowest BCUT2D eigenvalue weighted by Gasteiger charge is -2.24. The van der Waals surface area contributed by atoms with E-state index in [1.165, 1.54) is 0 Å². The number of amides is 1. The number of β-amino-alcohol motifs (C(OH)–C–C–N with tert-alkyl or cyclic N) is 1. The maximum absolute atomic E-state index is 12.7. The average molecular weight is 314 g/mol. The molecule has 23 heavy (non-hydrogen) atoms. The molecule has 0 unspecified atom stereocenters. The molecule has 1 aliphatic rings. The molecular weight excluding hydrogens is 292 g/mol. The molecule has 5 nitrogen and oxygen atoms in total. The molecule has 0 saturated carbocycles. The van der Waals surface area contributed by atoms with Crippen molar-refractivity contribution in [2.45, 2.75) is 25.6 Å². The molecule has 0 radical (unpaired) electrons. The number of aliphatic hydroxyl groups excluding tert-OH is 1. The Morgan fingerprint density at radius 1 is 1.22 bits per heavy atom. The summed E-state index contributed by atoms with van der Waals surface area (Å²) in [6.45, 7) is 2.69. The highest BCUT2D eigenvalue weighted by Crippen LogP contribution is 2.13. The van der Waals surface area contributed by atoms with E-state index >= 15 is 0 Å². The zero-order chi connectivity index (χ0) is 16.1. The predicted molar refractivity (Wildman–Crippen MR) is 86.5 cm³/mol. The van der Waals surface area contributed by atoms with Gasteiger partial charge in [-0.2, -0.15) is 0 Å². The third kappa shape index (κ3) is 4.43. The number of hydrogen-bond donors (Lipinski definition) is 1. The average Bonchev–Trinajstić information content (AvgIpc) is 3.19. The highest BCUT2D eigenvalue weighted by atomic mass is 16.3. The lowest BCUT2D eigenvalue weighted by molar-refractivity contribution is -0.133. The summed E-state index contributed by atoms with van der Waals surface area (Å²) in [5.41, 5.74) is 1.09. The van der Waals surface area contributed by atoms with E-state index in [0.717, 1.165) is 24.3 Å². The highest BCUT2D eigenvalue weighted by molar-refractivity contribution is 5.78. The van der Waals surface area contributed by atoms with Crippen LogP contribution in [0.3, 0.4) is 0 Å². The van der Waals surface area contributed by atoms with Crippen molar-refractivity contribution in [1.29, 1.82) is 0 Å². The molecule has 0 bridgehead atoms. The van der Waals surface area contributed by atoms with Gasteiger partial charge in [0.25, 0.3) is 0 Å². The smallest absolute Gasteiger partial charge is 0.237 e. The summed E-state index contributed by atoms with van der Waals surface area (Å²) in [5, 5.41) is 9.61. The monoisotopic (exact) mass is 314 g/mol. The molecule has 0 aliphatic carbocycles. The fraction of sp³-hybridized carbons (Fsp3) is 0.389. The Kier molecular flexibility index (Phi) is 5.10. The van der Waals surface area contributed by atoms with Gasteiger partial charge in [0.2, 0.25) is 5.91 Å². The largest absolute Gasteiger partial charge is 0.467 e. The molecule has 1 aliphatic heterocycles. The molecular formula is C18H22N2O3. The van der Waals surface area contributed by atoms with Gasteiger partial charge in [0.05, 0.1) is 25.5 Å². The quantitative estimate of drug-likeness (QED) is 0.884. The fourth-order valence-electron chi connectivity index (χ4n) is 2.87. The Morgan fingerprint density at radius 3 is 2.70 bits per heavy atom. The molecule has 0 spiro atoms. The first kappa shape index (κ1) is 15.8. The van der Waals surface area contributed by atoms with Crippen molar-refractivity contribution < 1.29 is 14.3 Å². The molecule has 122 valence electrons. The maximum atomic E-state index is 12.7. The summed E-state index contributed by atoms with van der Waals surface area (Å²) in [7, 11) is 0. The lowest BCUT2D eigenvalue weighted by Crippen LogP contribution is -2.39. The standard InChI is InChI=1S/C18H22N2O3/c21-16-8-9-19(12-16)14-18(22)20(13-17-7-4-10-23-17)11-15-5-2-1-3-6-15/h1-7,10,16,21H,8-9,11-14H2/t16-/m0/s1. The number of rotatable bonds is 6. The summed E-state index contributed by atoms with van der Waals surface area (Å²) >= 11 is 0. The van der Waals surface area contributed by atoms with E-state index < -0.39 is 0 Å². The van der Waals surface area contributed by atoms with Gasteiger partial charge in [0.15, 0.2) is 0 Å². The number of benzene rings is 1. The minimum absolute atomic E-state index is 0.0550. The summed E-state index contributed by atoms with van der Waals surface area (Å²) in [6, 6.07) is 13.7. The number of nitrogens with zero attached hydrogens (tertiary/aromatic N) is 2. The molecule has 5 heteroatoms. The van der Waals surface area contributed by atoms with Crippen LogP contribution in [-0.4, -0.2) is 46.6 Å². The van der Waals surface area contributed by atoms with Crippen molar-refractivity contribution in [2.75, 3.05) is 19.6 Å². The number of hydrogen-bond acceptors (Lipinski definition) is 4. The van der Waals surface area contributed by atoms with Crippen LogP contribution >= 0.6 is 0 Å². The molecule has 2 aromatic rings. The van der Waals surface area contributed by atoms with Gasteiger partial charge >= 0.3 is 0 Å². The molecule has 1 amide bonds. The third-order valence-electron chi connectivity index (χ3n) is 4.10. The SMILES string of the molecule is O=C(CN1CC[C@H](O)C1)N(Cc1ccccc1)Cc1ccco1. The predicted octanol–water partition coefficient (Wildman–Crippen LogP) is 1.87. The van der Waals surface area contributed by atoms with Crippen LogP contribution < -0.4 is 0 Å². The molecule has 1 aromatic carbocycles. The van der Waals surface area contributed by atoms with Gasteiger partial charge in [-0.25, -0.2) is 0 Å². The molecule has 1 aromatic heterocycles. The Morgan fingerprint density at radius 2 is 2.04 bits per heavy atom. The van der Waals surface area contributed by atoms with Crippen LogP contribution in [0, 0.1) is 0 Å². The first-order valence-corrected chi connectivity index (χ1v) is 7.95. The molecule has 3 rings (SSSR count). The summed E-state index contributed by atoms with van der Waals surface area (Å²) in [6.07, 6.45) is 2.05. The van der Waals surface area contributed by atoms with Gasteiger partial charge < -0.3 is 14.4 Å². The highest BCUT2D eigenvalue weighted by Gasteiger charge is 2.24. The van der Waals surface area contributed by atoms with Crippen molar-refractivity contribution in [3.63, 3.8) is 0 Å². The fourth-order valence-corrected chi connectivity index (χ4v) is 2.87. The number of furan rings is 1. The second-order valence-corrected chi connectivity index (χ2v) is 5.99. The molecule has 1 N–H and O–H groups in total. The minimum Gasteiger partial charge on any atom is -0.467 e. The second-order valence-electron chi connectivity index (χ2n) is 5.99. The van der Waals surface area contributed by atoms with E-state index in [1.807, 2.05) is 47.4 Å². The number of likely N-dealkylation sites (tertiary alicyclic amines) is 1. The van der Waals surface area contributed by atoms with Crippen molar-refractivity contribution >= 4 is 5.91 Å². The van der Waals surface area contributed by atoms with E-state index in [9.17, 15) is 9.90 Å². The Labute approximate surface area is 136 Å². The van der Waals surface area contributed by atoms with Gasteiger partial charge in [0, 0.05) is 19.6 Å². The number of carbonyl (C=O) groups excluding carboxylic acids is 1. The minimum atomic E-state index is -0.310. The normalized spacial score (nSPS) is 18.2. The first-order valence-electron chi connectivity index (χ1n) is 7.95. The summed E-state index contributed by atoms with van der Waals surface area (Å²) in [5.74, 6) is 0.829. The van der Waals surface area contributed by atoms with Gasteiger partial charge in [-0.15, -0.1) is 0 Å². The number of aliphatic hydroxyl groups is 1. The first-order chi connectivity index (χ1) is 11.2. The Hall–Kier alpha value is -2.11.